The first-order valence-corrected chi connectivity index (χ1v) is 9.52. The number of hydrogen-bond donors (Lipinski definition) is 1. The third-order valence-corrected chi connectivity index (χ3v) is 7.31. The topological polar surface area (TPSA) is 81.3 Å². The van der Waals surface area contributed by atoms with Crippen molar-refractivity contribution in [2.24, 2.45) is 10.8 Å². The quantitative estimate of drug-likeness (QED) is 0.537. The van der Waals surface area contributed by atoms with Crippen molar-refractivity contribution >= 4 is 33.7 Å². The lowest BCUT2D eigenvalue weighted by molar-refractivity contribution is -0.176. The first kappa shape index (κ1) is 17.2. The maximum Gasteiger partial charge on any atom is 0.356 e. The number of pyridine rings is 1. The summed E-state index contributed by atoms with van der Waals surface area (Å²) < 4.78 is 11.4. The summed E-state index contributed by atoms with van der Waals surface area (Å²) >= 11 is 0. The van der Waals surface area contributed by atoms with Crippen molar-refractivity contribution < 1.29 is 19.1 Å². The SMILES string of the molecule is Cc1nccc2c1[nH]c1cc(OC(=O)C34CCC(C)(C(=O)O3)C4(C)C)ccc12. The van der Waals surface area contributed by atoms with Gasteiger partial charge in [-0.2, -0.15) is 0 Å². The van der Waals surface area contributed by atoms with Crippen molar-refractivity contribution in [1.29, 1.82) is 0 Å². The Hall–Kier alpha value is -2.89. The predicted octanol–water partition coefficient (Wildman–Crippen LogP) is 4.05. The van der Waals surface area contributed by atoms with Gasteiger partial charge < -0.3 is 14.5 Å². The zero-order valence-corrected chi connectivity index (χ0v) is 16.4. The van der Waals surface area contributed by atoms with E-state index in [9.17, 15) is 9.59 Å². The van der Waals surface area contributed by atoms with Gasteiger partial charge in [-0.1, -0.05) is 13.8 Å². The van der Waals surface area contributed by atoms with Gasteiger partial charge in [0, 0.05) is 28.5 Å². The average Bonchev–Trinajstić information content (AvgIpc) is 3.16. The first-order chi connectivity index (χ1) is 13.2. The highest BCUT2D eigenvalue weighted by Crippen LogP contribution is 2.65. The molecule has 2 bridgehead atoms. The second-order valence-electron chi connectivity index (χ2n) is 8.71. The summed E-state index contributed by atoms with van der Waals surface area (Å²) in [6, 6.07) is 7.48. The zero-order valence-electron chi connectivity index (χ0n) is 16.4. The molecule has 6 heteroatoms. The summed E-state index contributed by atoms with van der Waals surface area (Å²) in [7, 11) is 0. The highest BCUT2D eigenvalue weighted by Gasteiger charge is 2.76. The van der Waals surface area contributed by atoms with Gasteiger partial charge in [0.1, 0.15) is 5.75 Å². The van der Waals surface area contributed by atoms with E-state index < -0.39 is 22.4 Å². The molecule has 28 heavy (non-hydrogen) atoms. The molecule has 1 saturated heterocycles. The van der Waals surface area contributed by atoms with Crippen molar-refractivity contribution in [2.45, 2.75) is 46.1 Å². The molecule has 2 fully saturated rings. The number of carbonyl (C=O) groups excluding carboxylic acids is 2. The van der Waals surface area contributed by atoms with Crippen LogP contribution in [-0.2, 0) is 14.3 Å². The molecule has 1 aromatic carbocycles. The Morgan fingerprint density at radius 3 is 2.64 bits per heavy atom. The molecule has 1 N–H and O–H groups in total. The zero-order chi connectivity index (χ0) is 19.9. The maximum atomic E-state index is 13.1. The van der Waals surface area contributed by atoms with Crippen LogP contribution in [0.15, 0.2) is 30.5 Å². The van der Waals surface area contributed by atoms with Crippen LogP contribution in [0, 0.1) is 17.8 Å². The Morgan fingerprint density at radius 2 is 1.96 bits per heavy atom. The van der Waals surface area contributed by atoms with Gasteiger partial charge in [-0.3, -0.25) is 9.78 Å². The summed E-state index contributed by atoms with van der Waals surface area (Å²) in [5, 5.41) is 2.12. The van der Waals surface area contributed by atoms with Crippen LogP contribution < -0.4 is 4.74 Å². The van der Waals surface area contributed by atoms with Gasteiger partial charge in [0.25, 0.3) is 0 Å². The minimum absolute atomic E-state index is 0.310. The van der Waals surface area contributed by atoms with E-state index in [1.165, 1.54) is 0 Å². The minimum atomic E-state index is -1.23. The Balaban J connectivity index is 1.52. The minimum Gasteiger partial charge on any atom is -0.446 e. The van der Waals surface area contributed by atoms with Crippen molar-refractivity contribution in [3.05, 3.63) is 36.2 Å². The molecule has 2 aliphatic rings. The standard InChI is InChI=1S/C22H22N2O4/c1-12-17-15(7-10-23-12)14-6-5-13(11-16(14)24-17)27-19(26)22-9-8-21(4,18(25)28-22)20(22,2)3/h5-7,10-11,24H,8-9H2,1-4H3. The van der Waals surface area contributed by atoms with Crippen molar-refractivity contribution in [3.8, 4) is 5.75 Å². The summed E-state index contributed by atoms with van der Waals surface area (Å²) in [6.07, 6.45) is 2.90. The molecule has 1 saturated carbocycles. The second-order valence-corrected chi connectivity index (χ2v) is 8.71. The van der Waals surface area contributed by atoms with Crippen LogP contribution in [0.2, 0.25) is 0 Å². The lowest BCUT2D eigenvalue weighted by Gasteiger charge is -2.34. The number of fused-ring (bicyclic) bond motifs is 5. The van der Waals surface area contributed by atoms with Gasteiger partial charge in [-0.25, -0.2) is 4.79 Å². The van der Waals surface area contributed by atoms with E-state index in [1.807, 2.05) is 39.8 Å². The van der Waals surface area contributed by atoms with Crippen molar-refractivity contribution in [3.63, 3.8) is 0 Å². The maximum absolute atomic E-state index is 13.1. The first-order valence-electron chi connectivity index (χ1n) is 9.52. The van der Waals surface area contributed by atoms with Crippen LogP contribution in [0.3, 0.4) is 0 Å². The van der Waals surface area contributed by atoms with E-state index >= 15 is 0 Å². The summed E-state index contributed by atoms with van der Waals surface area (Å²) in [5.74, 6) is -0.383. The smallest absolute Gasteiger partial charge is 0.356 e. The van der Waals surface area contributed by atoms with Crippen LogP contribution >= 0.6 is 0 Å². The lowest BCUT2D eigenvalue weighted by atomic mass is 9.66. The molecule has 5 rings (SSSR count). The summed E-state index contributed by atoms with van der Waals surface area (Å²) in [5.41, 5.74) is 0.245. The predicted molar refractivity (Wildman–Crippen MR) is 104 cm³/mol. The highest BCUT2D eigenvalue weighted by atomic mass is 16.6. The molecule has 3 heterocycles. The number of H-pyrrole nitrogens is 1. The molecular weight excluding hydrogens is 356 g/mol. The van der Waals surface area contributed by atoms with Crippen LogP contribution in [0.25, 0.3) is 21.8 Å². The molecule has 1 aliphatic heterocycles. The van der Waals surface area contributed by atoms with Gasteiger partial charge >= 0.3 is 11.9 Å². The number of benzene rings is 1. The Kier molecular flexibility index (Phi) is 3.15. The summed E-state index contributed by atoms with van der Waals surface area (Å²) in [6.45, 7) is 7.67. The van der Waals surface area contributed by atoms with Crippen LogP contribution in [0.5, 0.6) is 5.75 Å². The van der Waals surface area contributed by atoms with Crippen molar-refractivity contribution in [1.82, 2.24) is 9.97 Å². The third-order valence-electron chi connectivity index (χ3n) is 7.31. The molecule has 3 aromatic rings. The Labute approximate surface area is 162 Å². The number of aryl methyl sites for hydroxylation is 1. The van der Waals surface area contributed by atoms with E-state index in [4.69, 9.17) is 9.47 Å². The summed E-state index contributed by atoms with van der Waals surface area (Å²) in [4.78, 5) is 33.2. The van der Waals surface area contributed by atoms with Crippen LogP contribution in [-0.4, -0.2) is 27.5 Å². The molecule has 1 aliphatic carbocycles. The fourth-order valence-corrected chi connectivity index (χ4v) is 4.90. The molecule has 0 amide bonds. The fraction of sp³-hybridized carbons (Fsp3) is 0.409. The number of carbonyl (C=O) groups is 2. The second kappa shape index (κ2) is 5.13. The Bertz CT molecular complexity index is 1180. The van der Waals surface area contributed by atoms with Gasteiger partial charge in [0.15, 0.2) is 0 Å². The van der Waals surface area contributed by atoms with E-state index in [0.717, 1.165) is 27.5 Å². The van der Waals surface area contributed by atoms with Crippen LogP contribution in [0.4, 0.5) is 0 Å². The number of rotatable bonds is 2. The van der Waals surface area contributed by atoms with Crippen LogP contribution in [0.1, 0.15) is 39.3 Å². The van der Waals surface area contributed by atoms with Gasteiger partial charge in [-0.15, -0.1) is 0 Å². The fourth-order valence-electron chi connectivity index (χ4n) is 4.90. The normalized spacial score (nSPS) is 28.1. The monoisotopic (exact) mass is 378 g/mol. The largest absolute Gasteiger partial charge is 0.446 e. The van der Waals surface area contributed by atoms with E-state index in [1.54, 1.807) is 18.3 Å². The number of hydrogen-bond acceptors (Lipinski definition) is 5. The van der Waals surface area contributed by atoms with E-state index in [-0.39, 0.29) is 5.97 Å². The average molecular weight is 378 g/mol. The molecule has 6 nitrogen and oxygen atoms in total. The molecule has 2 unspecified atom stereocenters. The molecule has 2 aromatic heterocycles. The molecule has 0 spiro atoms. The number of esters is 2. The molecule has 2 atom stereocenters. The molecule has 0 radical (unpaired) electrons. The van der Waals surface area contributed by atoms with Gasteiger partial charge in [0.2, 0.25) is 5.60 Å². The lowest BCUT2D eigenvalue weighted by Crippen LogP contribution is -2.50. The van der Waals surface area contributed by atoms with Gasteiger partial charge in [-0.05, 0) is 44.9 Å². The number of ether oxygens (including phenoxy) is 2. The van der Waals surface area contributed by atoms with Crippen molar-refractivity contribution in [2.75, 3.05) is 0 Å². The Morgan fingerprint density at radius 1 is 1.18 bits per heavy atom. The van der Waals surface area contributed by atoms with Gasteiger partial charge in [0.05, 0.1) is 22.1 Å². The van der Waals surface area contributed by atoms with E-state index in [0.29, 0.717) is 18.6 Å². The molecule has 144 valence electrons. The van der Waals surface area contributed by atoms with E-state index in [2.05, 4.69) is 9.97 Å². The highest BCUT2D eigenvalue weighted by molar-refractivity contribution is 6.08. The number of nitrogens with one attached hydrogen (secondary N) is 1. The number of aromatic nitrogens is 2. The molecular formula is C22H22N2O4. The number of nitrogens with zero attached hydrogens (tertiary/aromatic N) is 1. The number of aromatic amines is 1. The third kappa shape index (κ3) is 1.85.